The second kappa shape index (κ2) is 6.61. The van der Waals surface area contributed by atoms with Crippen LogP contribution in [0.5, 0.6) is 0 Å². The number of hydrogen-bond acceptors (Lipinski definition) is 3. The highest BCUT2D eigenvalue weighted by Gasteiger charge is 2.42. The highest BCUT2D eigenvalue weighted by molar-refractivity contribution is 9.10. The molecular formula is C20H15BrN2O2. The summed E-state index contributed by atoms with van der Waals surface area (Å²) in [5, 5.41) is 1.65. The van der Waals surface area contributed by atoms with Crippen molar-refractivity contribution in [3.05, 3.63) is 95.0 Å². The minimum Gasteiger partial charge on any atom is -0.319 e. The summed E-state index contributed by atoms with van der Waals surface area (Å²) in [6, 6.07) is 27.1. The maximum atomic E-state index is 12.7. The zero-order valence-electron chi connectivity index (χ0n) is 13.2. The molecule has 0 N–H and O–H groups in total. The molecule has 1 saturated heterocycles. The molecule has 1 heterocycles. The maximum Gasteiger partial charge on any atom is 0.440 e. The number of para-hydroxylation sites is 2. The molecule has 25 heavy (non-hydrogen) atoms. The molecule has 1 unspecified atom stereocenters. The first-order valence-electron chi connectivity index (χ1n) is 7.90. The lowest BCUT2D eigenvalue weighted by Gasteiger charge is -2.27. The summed E-state index contributed by atoms with van der Waals surface area (Å²) in [6.45, 7) is 0. The van der Waals surface area contributed by atoms with E-state index in [0.717, 1.165) is 21.4 Å². The molecule has 0 saturated carbocycles. The van der Waals surface area contributed by atoms with Crippen LogP contribution in [0.15, 0.2) is 89.4 Å². The Labute approximate surface area is 154 Å². The van der Waals surface area contributed by atoms with E-state index in [4.69, 9.17) is 4.84 Å². The van der Waals surface area contributed by atoms with Crippen molar-refractivity contribution in [3.63, 3.8) is 0 Å². The molecule has 0 spiro atoms. The third-order valence-corrected chi connectivity index (χ3v) is 4.52. The van der Waals surface area contributed by atoms with E-state index >= 15 is 0 Å². The summed E-state index contributed by atoms with van der Waals surface area (Å²) in [5.74, 6) is 0. The average molecular weight is 395 g/mol. The number of benzene rings is 3. The van der Waals surface area contributed by atoms with Crippen molar-refractivity contribution in [2.45, 2.75) is 6.17 Å². The fraction of sp³-hybridized carbons (Fsp3) is 0.0500. The summed E-state index contributed by atoms with van der Waals surface area (Å²) in [6.07, 6.45) is -0.796. The Hall–Kier alpha value is -2.79. The van der Waals surface area contributed by atoms with E-state index in [0.29, 0.717) is 0 Å². The Morgan fingerprint density at radius 2 is 1.44 bits per heavy atom. The Morgan fingerprint density at radius 3 is 2.08 bits per heavy atom. The SMILES string of the molecule is O=C1ON(c2ccccc2)C(c2cccc(Br)c2)N1c1ccccc1. The largest absolute Gasteiger partial charge is 0.440 e. The highest BCUT2D eigenvalue weighted by atomic mass is 79.9. The van der Waals surface area contributed by atoms with Crippen LogP contribution in [0.25, 0.3) is 0 Å². The van der Waals surface area contributed by atoms with Crippen LogP contribution >= 0.6 is 15.9 Å². The summed E-state index contributed by atoms with van der Waals surface area (Å²) >= 11 is 3.51. The normalized spacial score (nSPS) is 16.8. The van der Waals surface area contributed by atoms with Gasteiger partial charge in [0.1, 0.15) is 0 Å². The number of rotatable bonds is 3. The smallest absolute Gasteiger partial charge is 0.319 e. The van der Waals surface area contributed by atoms with Gasteiger partial charge < -0.3 is 4.84 Å². The number of carbonyl (C=O) groups is 1. The maximum absolute atomic E-state index is 12.7. The molecule has 1 aliphatic rings. The van der Waals surface area contributed by atoms with Crippen LogP contribution in [0.4, 0.5) is 16.2 Å². The lowest BCUT2D eigenvalue weighted by molar-refractivity contribution is 0.164. The molecule has 1 atom stereocenters. The Morgan fingerprint density at radius 1 is 0.800 bits per heavy atom. The number of hydrogen-bond donors (Lipinski definition) is 0. The number of anilines is 2. The zero-order valence-corrected chi connectivity index (χ0v) is 14.8. The van der Waals surface area contributed by atoms with Crippen LogP contribution in [0.3, 0.4) is 0 Å². The lowest BCUT2D eigenvalue weighted by Crippen LogP contribution is -2.31. The zero-order chi connectivity index (χ0) is 17.2. The van der Waals surface area contributed by atoms with Gasteiger partial charge in [-0.15, -0.1) is 0 Å². The molecule has 5 heteroatoms. The van der Waals surface area contributed by atoms with Crippen LogP contribution in [0, 0.1) is 0 Å². The van der Waals surface area contributed by atoms with E-state index in [2.05, 4.69) is 15.9 Å². The molecule has 0 bridgehead atoms. The van der Waals surface area contributed by atoms with Crippen molar-refractivity contribution in [2.75, 3.05) is 9.96 Å². The van der Waals surface area contributed by atoms with Crippen LogP contribution in [0.1, 0.15) is 11.7 Å². The summed E-state index contributed by atoms with van der Waals surface area (Å²) < 4.78 is 0.949. The fourth-order valence-corrected chi connectivity index (χ4v) is 3.36. The van der Waals surface area contributed by atoms with Gasteiger partial charge in [0.15, 0.2) is 6.17 Å². The van der Waals surface area contributed by atoms with Gasteiger partial charge in [-0.1, -0.05) is 64.5 Å². The van der Waals surface area contributed by atoms with Crippen LogP contribution in [-0.2, 0) is 4.84 Å². The van der Waals surface area contributed by atoms with Gasteiger partial charge in [0.05, 0.1) is 5.69 Å². The van der Waals surface area contributed by atoms with Crippen LogP contribution in [0.2, 0.25) is 0 Å². The van der Waals surface area contributed by atoms with Crippen molar-refractivity contribution in [1.82, 2.24) is 0 Å². The van der Waals surface area contributed by atoms with E-state index in [1.165, 1.54) is 0 Å². The van der Waals surface area contributed by atoms with Crippen molar-refractivity contribution >= 4 is 33.4 Å². The van der Waals surface area contributed by atoms with E-state index in [-0.39, 0.29) is 0 Å². The Kier molecular flexibility index (Phi) is 4.15. The molecule has 1 fully saturated rings. The second-order valence-corrected chi connectivity index (χ2v) is 6.57. The summed E-state index contributed by atoms with van der Waals surface area (Å²) in [4.78, 5) is 20.0. The number of hydroxylamine groups is 1. The number of nitrogens with zero attached hydrogens (tertiary/aromatic N) is 2. The molecule has 4 nitrogen and oxygen atoms in total. The number of halogens is 1. The molecular weight excluding hydrogens is 380 g/mol. The van der Waals surface area contributed by atoms with Gasteiger partial charge in [-0.2, -0.15) is 5.06 Å². The molecule has 0 radical (unpaired) electrons. The van der Waals surface area contributed by atoms with Gasteiger partial charge in [-0.3, -0.25) is 0 Å². The van der Waals surface area contributed by atoms with Crippen molar-refractivity contribution < 1.29 is 9.63 Å². The molecule has 0 aromatic heterocycles. The first-order valence-corrected chi connectivity index (χ1v) is 8.69. The summed E-state index contributed by atoms with van der Waals surface area (Å²) in [7, 11) is 0. The number of amides is 1. The van der Waals surface area contributed by atoms with E-state index in [1.807, 2.05) is 84.9 Å². The Bertz CT molecular complexity index is 886. The van der Waals surface area contributed by atoms with Gasteiger partial charge in [0.2, 0.25) is 0 Å². The molecule has 0 aliphatic carbocycles. The topological polar surface area (TPSA) is 32.8 Å². The first-order chi connectivity index (χ1) is 12.2. The third kappa shape index (κ3) is 2.98. The van der Waals surface area contributed by atoms with Gasteiger partial charge in [-0.25, -0.2) is 9.69 Å². The van der Waals surface area contributed by atoms with Gasteiger partial charge in [-0.05, 0) is 42.0 Å². The third-order valence-electron chi connectivity index (χ3n) is 4.03. The van der Waals surface area contributed by atoms with Gasteiger partial charge >= 0.3 is 6.09 Å². The summed E-state index contributed by atoms with van der Waals surface area (Å²) in [5.41, 5.74) is 2.56. The van der Waals surface area contributed by atoms with Crippen molar-refractivity contribution in [3.8, 4) is 0 Å². The highest BCUT2D eigenvalue weighted by Crippen LogP contribution is 2.39. The quantitative estimate of drug-likeness (QED) is 0.585. The molecule has 3 aromatic rings. The minimum atomic E-state index is -0.403. The van der Waals surface area contributed by atoms with E-state index in [9.17, 15) is 4.79 Å². The molecule has 1 amide bonds. The van der Waals surface area contributed by atoms with Crippen LogP contribution < -0.4 is 9.96 Å². The van der Waals surface area contributed by atoms with E-state index in [1.54, 1.807) is 9.96 Å². The second-order valence-electron chi connectivity index (χ2n) is 5.65. The Balaban J connectivity index is 1.84. The number of carbonyl (C=O) groups excluding carboxylic acids is 1. The molecule has 3 aromatic carbocycles. The fourth-order valence-electron chi connectivity index (χ4n) is 2.94. The first kappa shape index (κ1) is 15.7. The van der Waals surface area contributed by atoms with Crippen LogP contribution in [-0.4, -0.2) is 6.09 Å². The standard InChI is InChI=1S/C20H15BrN2O2/c21-16-9-7-8-15(14-16)19-22(17-10-3-1-4-11-17)20(24)25-23(19)18-12-5-2-6-13-18/h1-14,19H. The predicted molar refractivity (Wildman–Crippen MR) is 101 cm³/mol. The minimum absolute atomic E-state index is 0.394. The van der Waals surface area contributed by atoms with E-state index < -0.39 is 12.3 Å². The monoisotopic (exact) mass is 394 g/mol. The van der Waals surface area contributed by atoms with Crippen molar-refractivity contribution in [2.24, 2.45) is 0 Å². The van der Waals surface area contributed by atoms with Crippen molar-refractivity contribution in [1.29, 1.82) is 0 Å². The lowest BCUT2D eigenvalue weighted by atomic mass is 10.1. The molecule has 1 aliphatic heterocycles. The predicted octanol–water partition coefficient (Wildman–Crippen LogP) is 5.53. The molecule has 4 rings (SSSR count). The molecule has 124 valence electrons. The average Bonchev–Trinajstić information content (AvgIpc) is 3.00. The van der Waals surface area contributed by atoms with Gasteiger partial charge in [0, 0.05) is 10.2 Å². The van der Waals surface area contributed by atoms with Gasteiger partial charge in [0.25, 0.3) is 0 Å².